The third kappa shape index (κ3) is 4.71. The van der Waals surface area contributed by atoms with Crippen molar-refractivity contribution in [3.8, 4) is 0 Å². The molecule has 4 heterocycles. The summed E-state index contributed by atoms with van der Waals surface area (Å²) in [5.74, 6) is -1.18. The van der Waals surface area contributed by atoms with Crippen LogP contribution < -0.4 is 10.6 Å². The molecule has 2 aliphatic rings. The van der Waals surface area contributed by atoms with Gasteiger partial charge in [0.25, 0.3) is 0 Å². The van der Waals surface area contributed by atoms with Gasteiger partial charge >= 0.3 is 5.97 Å². The minimum atomic E-state index is -1.49. The molecule has 0 atom stereocenters. The van der Waals surface area contributed by atoms with Gasteiger partial charge in [-0.15, -0.1) is 11.8 Å². The van der Waals surface area contributed by atoms with Crippen LogP contribution >= 0.6 is 11.8 Å². The van der Waals surface area contributed by atoms with Crippen molar-refractivity contribution in [2.75, 3.05) is 36.0 Å². The lowest BCUT2D eigenvalue weighted by molar-refractivity contribution is -0.157. The molecular formula is C25H25N5O4S. The zero-order valence-electron chi connectivity index (χ0n) is 19.0. The Morgan fingerprint density at radius 3 is 2.77 bits per heavy atom. The Morgan fingerprint density at radius 2 is 1.97 bits per heavy atom. The number of aromatic nitrogens is 2. The highest BCUT2D eigenvalue weighted by atomic mass is 32.2. The van der Waals surface area contributed by atoms with Gasteiger partial charge in [-0.2, -0.15) is 0 Å². The smallest absolute Gasteiger partial charge is 0.319 e. The van der Waals surface area contributed by atoms with Crippen molar-refractivity contribution < 1.29 is 19.5 Å². The van der Waals surface area contributed by atoms with Crippen LogP contribution in [-0.4, -0.2) is 63.1 Å². The van der Waals surface area contributed by atoms with Crippen LogP contribution in [0.4, 0.5) is 11.4 Å². The molecule has 2 aliphatic heterocycles. The minimum absolute atomic E-state index is 0.00881. The number of carboxylic acids is 1. The Hall–Kier alpha value is -3.50. The summed E-state index contributed by atoms with van der Waals surface area (Å²) in [6.45, 7) is 1.76. The largest absolute Gasteiger partial charge is 0.480 e. The molecule has 0 spiro atoms. The number of nitrogens with zero attached hydrogens (tertiary/aromatic N) is 3. The van der Waals surface area contributed by atoms with Crippen molar-refractivity contribution >= 4 is 52.0 Å². The van der Waals surface area contributed by atoms with Crippen LogP contribution in [0.5, 0.6) is 0 Å². The van der Waals surface area contributed by atoms with E-state index in [-0.39, 0.29) is 18.7 Å². The van der Waals surface area contributed by atoms with Gasteiger partial charge in [-0.1, -0.05) is 6.07 Å². The van der Waals surface area contributed by atoms with Crippen LogP contribution in [0.1, 0.15) is 18.4 Å². The molecule has 2 amide bonds. The maximum Gasteiger partial charge on any atom is 0.319 e. The predicted molar refractivity (Wildman–Crippen MR) is 133 cm³/mol. The summed E-state index contributed by atoms with van der Waals surface area (Å²) in [5.41, 5.74) is 2.08. The molecule has 0 saturated carbocycles. The van der Waals surface area contributed by atoms with Gasteiger partial charge in [0, 0.05) is 23.8 Å². The topological polar surface area (TPSA) is 125 Å². The van der Waals surface area contributed by atoms with Gasteiger partial charge in [0.2, 0.25) is 11.8 Å². The summed E-state index contributed by atoms with van der Waals surface area (Å²) < 4.78 is 0. The summed E-state index contributed by atoms with van der Waals surface area (Å²) in [6.07, 6.45) is 4.40. The number of nitrogens with one attached hydrogen (secondary N) is 2. The first-order chi connectivity index (χ1) is 16.9. The van der Waals surface area contributed by atoms with Crippen LogP contribution in [0.15, 0.2) is 53.7 Å². The quantitative estimate of drug-likeness (QED) is 0.450. The summed E-state index contributed by atoms with van der Waals surface area (Å²) in [4.78, 5) is 49.0. The minimum Gasteiger partial charge on any atom is -0.480 e. The molecule has 3 N–H and O–H groups in total. The maximum absolute atomic E-state index is 13.2. The SMILES string of the molecule is O=C1CSc2ccc(CCN3CCC(C(=O)O)(C(=O)Nc4ccnc5cccnc45)CC3)cc2N1. The van der Waals surface area contributed by atoms with Gasteiger partial charge in [0.05, 0.1) is 22.6 Å². The summed E-state index contributed by atoms with van der Waals surface area (Å²) in [5, 5.41) is 15.8. The normalized spacial score (nSPS) is 17.4. The predicted octanol–water partition coefficient (Wildman–Crippen LogP) is 3.02. The molecule has 0 radical (unpaired) electrons. The van der Waals surface area contributed by atoms with Crippen LogP contribution in [-0.2, 0) is 20.8 Å². The van der Waals surface area contributed by atoms with E-state index in [0.717, 1.165) is 29.1 Å². The van der Waals surface area contributed by atoms with Crippen molar-refractivity contribution in [2.24, 2.45) is 5.41 Å². The number of benzene rings is 1. The van der Waals surface area contributed by atoms with Gasteiger partial charge in [0.1, 0.15) is 10.9 Å². The van der Waals surface area contributed by atoms with Gasteiger partial charge in [-0.3, -0.25) is 24.4 Å². The van der Waals surface area contributed by atoms with Crippen molar-refractivity contribution in [1.82, 2.24) is 14.9 Å². The first-order valence-corrected chi connectivity index (χ1v) is 12.5. The molecule has 0 unspecified atom stereocenters. The zero-order chi connectivity index (χ0) is 24.4. The van der Waals surface area contributed by atoms with Crippen molar-refractivity contribution in [2.45, 2.75) is 24.2 Å². The van der Waals surface area contributed by atoms with E-state index in [9.17, 15) is 19.5 Å². The Balaban J connectivity index is 1.23. The van der Waals surface area contributed by atoms with E-state index in [1.807, 2.05) is 12.1 Å². The first-order valence-electron chi connectivity index (χ1n) is 11.5. The lowest BCUT2D eigenvalue weighted by atomic mass is 9.77. The lowest BCUT2D eigenvalue weighted by Crippen LogP contribution is -2.51. The number of rotatable bonds is 6. The molecule has 9 nitrogen and oxygen atoms in total. The average molecular weight is 492 g/mol. The number of carboxylic acid groups (broad SMARTS) is 1. The fraction of sp³-hybridized carbons (Fsp3) is 0.320. The maximum atomic E-state index is 13.2. The number of anilines is 2. The lowest BCUT2D eigenvalue weighted by Gasteiger charge is -2.37. The highest BCUT2D eigenvalue weighted by molar-refractivity contribution is 8.00. The molecular weight excluding hydrogens is 466 g/mol. The second-order valence-corrected chi connectivity index (χ2v) is 9.85. The van der Waals surface area contributed by atoms with Crippen molar-refractivity contribution in [1.29, 1.82) is 0 Å². The molecule has 0 bridgehead atoms. The second kappa shape index (κ2) is 9.63. The molecule has 1 fully saturated rings. The Kier molecular flexibility index (Phi) is 6.40. The fourth-order valence-corrected chi connectivity index (χ4v) is 5.38. The summed E-state index contributed by atoms with van der Waals surface area (Å²) in [7, 11) is 0. The zero-order valence-corrected chi connectivity index (χ0v) is 19.8. The van der Waals surface area contributed by atoms with E-state index >= 15 is 0 Å². The standard InChI is InChI=1S/C25H25N5O4S/c31-21-15-35-20-4-3-16(14-19(20)28-21)6-11-30-12-7-25(8-13-30,24(33)34)23(32)29-18-5-10-26-17-2-1-9-27-22(17)18/h1-5,9-10,14H,6-8,11-13,15H2,(H,28,31)(H,33,34)(H,26,29,32). The molecule has 5 rings (SSSR count). The number of carbonyl (C=O) groups excluding carboxylic acids is 2. The molecule has 3 aromatic rings. The number of pyridine rings is 2. The summed E-state index contributed by atoms with van der Waals surface area (Å²) >= 11 is 1.53. The van der Waals surface area contributed by atoms with Crippen LogP contribution in [0.25, 0.3) is 11.0 Å². The van der Waals surface area contributed by atoms with Gasteiger partial charge in [-0.05, 0) is 68.2 Å². The highest BCUT2D eigenvalue weighted by Crippen LogP contribution is 2.35. The average Bonchev–Trinajstić information content (AvgIpc) is 2.87. The Bertz CT molecular complexity index is 1300. The molecule has 10 heteroatoms. The number of likely N-dealkylation sites (tertiary alicyclic amines) is 1. The van der Waals surface area contributed by atoms with Crippen molar-refractivity contribution in [3.63, 3.8) is 0 Å². The van der Waals surface area contributed by atoms with Gasteiger partial charge < -0.3 is 20.6 Å². The highest BCUT2D eigenvalue weighted by Gasteiger charge is 2.48. The number of amides is 2. The van der Waals surface area contributed by atoms with Crippen LogP contribution in [0, 0.1) is 5.41 Å². The number of piperidine rings is 1. The van der Waals surface area contributed by atoms with Crippen molar-refractivity contribution in [3.05, 3.63) is 54.4 Å². The molecule has 35 heavy (non-hydrogen) atoms. The van der Waals surface area contributed by atoms with E-state index in [2.05, 4.69) is 31.6 Å². The third-order valence-corrected chi connectivity index (χ3v) is 7.77. The first kappa shape index (κ1) is 23.3. The van der Waals surface area contributed by atoms with Gasteiger partial charge in [0.15, 0.2) is 0 Å². The Labute approximate surface area is 206 Å². The number of thioether (sulfide) groups is 1. The molecule has 1 aromatic carbocycles. The molecule has 2 aromatic heterocycles. The monoisotopic (exact) mass is 491 g/mol. The Morgan fingerprint density at radius 1 is 1.14 bits per heavy atom. The van der Waals surface area contributed by atoms with E-state index in [0.29, 0.717) is 35.6 Å². The number of carbonyl (C=O) groups is 3. The van der Waals surface area contributed by atoms with E-state index in [1.54, 1.807) is 30.6 Å². The third-order valence-electron chi connectivity index (χ3n) is 6.69. The van der Waals surface area contributed by atoms with Gasteiger partial charge in [-0.25, -0.2) is 0 Å². The number of aliphatic carboxylic acids is 1. The fourth-order valence-electron chi connectivity index (χ4n) is 4.59. The van der Waals surface area contributed by atoms with Crippen LogP contribution in [0.2, 0.25) is 0 Å². The number of hydrogen-bond acceptors (Lipinski definition) is 7. The second-order valence-electron chi connectivity index (χ2n) is 8.83. The summed E-state index contributed by atoms with van der Waals surface area (Å²) in [6, 6.07) is 11.3. The van der Waals surface area contributed by atoms with Crippen LogP contribution in [0.3, 0.4) is 0 Å². The number of fused-ring (bicyclic) bond motifs is 2. The van der Waals surface area contributed by atoms with E-state index < -0.39 is 17.3 Å². The molecule has 1 saturated heterocycles. The molecule has 0 aliphatic carbocycles. The van der Waals surface area contributed by atoms with E-state index in [1.165, 1.54) is 11.8 Å². The molecule has 180 valence electrons. The van der Waals surface area contributed by atoms with E-state index in [4.69, 9.17) is 0 Å². The number of hydrogen-bond donors (Lipinski definition) is 3.